The van der Waals surface area contributed by atoms with Crippen molar-refractivity contribution in [3.05, 3.63) is 69.1 Å². The molecule has 0 aliphatic heterocycles. The molecule has 0 radical (unpaired) electrons. The van der Waals surface area contributed by atoms with Gasteiger partial charge in [-0.25, -0.2) is 0 Å². The maximum Gasteiger partial charge on any atom is 0.262 e. The van der Waals surface area contributed by atoms with Crippen LogP contribution in [0.4, 0.5) is 5.69 Å². The van der Waals surface area contributed by atoms with Crippen molar-refractivity contribution in [2.45, 2.75) is 13.8 Å². The van der Waals surface area contributed by atoms with E-state index in [9.17, 15) is 4.79 Å². The third-order valence-corrected chi connectivity index (χ3v) is 5.63. The SMILES string of the molecule is CCOc1ccc(-n2nc3ccc(NC(=O)COc4c(C)cc(Br)cc4Br)cc3n2)cc1. The molecule has 0 saturated carbocycles. The number of benzene rings is 3. The Kier molecular flexibility index (Phi) is 6.76. The Morgan fingerprint density at radius 1 is 1.00 bits per heavy atom. The normalized spacial score (nSPS) is 10.9. The predicted molar refractivity (Wildman–Crippen MR) is 131 cm³/mol. The van der Waals surface area contributed by atoms with Crippen molar-refractivity contribution in [1.82, 2.24) is 15.0 Å². The number of nitrogens with one attached hydrogen (secondary N) is 1. The summed E-state index contributed by atoms with van der Waals surface area (Å²) in [6.07, 6.45) is 0. The zero-order valence-corrected chi connectivity index (χ0v) is 20.6. The molecular formula is C23H20Br2N4O3. The van der Waals surface area contributed by atoms with Gasteiger partial charge in [0.2, 0.25) is 0 Å². The summed E-state index contributed by atoms with van der Waals surface area (Å²) in [5, 5.41) is 11.9. The van der Waals surface area contributed by atoms with Crippen molar-refractivity contribution in [2.24, 2.45) is 0 Å². The highest BCUT2D eigenvalue weighted by molar-refractivity contribution is 9.11. The molecule has 164 valence electrons. The van der Waals surface area contributed by atoms with Crippen LogP contribution in [0.2, 0.25) is 0 Å². The molecule has 0 aliphatic carbocycles. The molecule has 0 fully saturated rings. The summed E-state index contributed by atoms with van der Waals surface area (Å²) in [7, 11) is 0. The van der Waals surface area contributed by atoms with E-state index in [1.165, 1.54) is 0 Å². The van der Waals surface area contributed by atoms with E-state index in [1.807, 2.05) is 56.3 Å². The molecule has 0 spiro atoms. The number of carbonyl (C=O) groups excluding carboxylic acids is 1. The molecule has 0 bridgehead atoms. The standard InChI is InChI=1S/C23H20Br2N4O3/c1-3-31-18-7-5-17(6-8-18)29-27-20-9-4-16(12-21(20)28-29)26-22(30)13-32-23-14(2)10-15(24)11-19(23)25/h4-12H,3,13H2,1-2H3,(H,26,30). The fourth-order valence-corrected chi connectivity index (χ4v) is 4.71. The molecule has 7 nitrogen and oxygen atoms in total. The molecule has 0 unspecified atom stereocenters. The van der Waals surface area contributed by atoms with Gasteiger partial charge in [0.15, 0.2) is 6.61 Å². The molecule has 1 heterocycles. The second-order valence-corrected chi connectivity index (χ2v) is 8.76. The van der Waals surface area contributed by atoms with Gasteiger partial charge in [-0.1, -0.05) is 15.9 Å². The van der Waals surface area contributed by atoms with Crippen LogP contribution in [0.3, 0.4) is 0 Å². The lowest BCUT2D eigenvalue weighted by Crippen LogP contribution is -2.20. The summed E-state index contributed by atoms with van der Waals surface area (Å²) >= 11 is 6.90. The molecule has 0 saturated heterocycles. The number of aromatic nitrogens is 3. The molecular weight excluding hydrogens is 540 g/mol. The molecule has 9 heteroatoms. The highest BCUT2D eigenvalue weighted by atomic mass is 79.9. The monoisotopic (exact) mass is 558 g/mol. The summed E-state index contributed by atoms with van der Waals surface area (Å²) in [6, 6.07) is 16.7. The highest BCUT2D eigenvalue weighted by Crippen LogP contribution is 2.32. The molecule has 3 aromatic carbocycles. The van der Waals surface area contributed by atoms with E-state index >= 15 is 0 Å². The maximum absolute atomic E-state index is 12.4. The van der Waals surface area contributed by atoms with Crippen LogP contribution in [0.1, 0.15) is 12.5 Å². The smallest absolute Gasteiger partial charge is 0.262 e. The molecule has 1 amide bonds. The van der Waals surface area contributed by atoms with Gasteiger partial charge in [0.25, 0.3) is 5.91 Å². The van der Waals surface area contributed by atoms with Gasteiger partial charge in [0.1, 0.15) is 22.5 Å². The van der Waals surface area contributed by atoms with E-state index in [1.54, 1.807) is 16.9 Å². The summed E-state index contributed by atoms with van der Waals surface area (Å²) in [5.74, 6) is 1.17. The highest BCUT2D eigenvalue weighted by Gasteiger charge is 2.11. The van der Waals surface area contributed by atoms with Gasteiger partial charge in [-0.15, -0.1) is 10.2 Å². The van der Waals surface area contributed by atoms with Crippen molar-refractivity contribution in [1.29, 1.82) is 0 Å². The van der Waals surface area contributed by atoms with Crippen molar-refractivity contribution in [2.75, 3.05) is 18.5 Å². The fourth-order valence-electron chi connectivity index (χ4n) is 3.16. The fraction of sp³-hybridized carbons (Fsp3) is 0.174. The average molecular weight is 560 g/mol. The number of hydrogen-bond donors (Lipinski definition) is 1. The quantitative estimate of drug-likeness (QED) is 0.315. The second kappa shape index (κ2) is 9.70. The number of hydrogen-bond acceptors (Lipinski definition) is 5. The number of anilines is 1. The Bertz CT molecular complexity index is 1250. The average Bonchev–Trinajstić information content (AvgIpc) is 3.17. The topological polar surface area (TPSA) is 78.3 Å². The summed E-state index contributed by atoms with van der Waals surface area (Å²) in [4.78, 5) is 14.0. The minimum absolute atomic E-state index is 0.113. The second-order valence-electron chi connectivity index (χ2n) is 6.99. The first kappa shape index (κ1) is 22.3. The number of amides is 1. The van der Waals surface area contributed by atoms with E-state index in [4.69, 9.17) is 9.47 Å². The summed E-state index contributed by atoms with van der Waals surface area (Å²) in [6.45, 7) is 4.37. The van der Waals surface area contributed by atoms with Crippen LogP contribution in [-0.4, -0.2) is 34.1 Å². The Balaban J connectivity index is 1.44. The van der Waals surface area contributed by atoms with Gasteiger partial charge in [-0.3, -0.25) is 4.79 Å². The minimum Gasteiger partial charge on any atom is -0.494 e. The Morgan fingerprint density at radius 3 is 2.47 bits per heavy atom. The van der Waals surface area contributed by atoms with Crippen LogP contribution in [0.15, 0.2) is 63.5 Å². The van der Waals surface area contributed by atoms with E-state index < -0.39 is 0 Å². The molecule has 0 aliphatic rings. The number of nitrogens with zero attached hydrogens (tertiary/aromatic N) is 3. The lowest BCUT2D eigenvalue weighted by molar-refractivity contribution is -0.118. The number of ether oxygens (including phenoxy) is 2. The Labute approximate surface area is 202 Å². The lowest BCUT2D eigenvalue weighted by Gasteiger charge is -2.12. The number of fused-ring (bicyclic) bond motifs is 1. The van der Waals surface area contributed by atoms with Crippen molar-refractivity contribution in [3.63, 3.8) is 0 Å². The van der Waals surface area contributed by atoms with Gasteiger partial charge >= 0.3 is 0 Å². The largest absolute Gasteiger partial charge is 0.494 e. The molecule has 1 N–H and O–H groups in total. The van der Waals surface area contributed by atoms with Crippen LogP contribution in [0.25, 0.3) is 16.7 Å². The number of carbonyl (C=O) groups is 1. The molecule has 0 atom stereocenters. The number of halogens is 2. The molecule has 1 aromatic heterocycles. The van der Waals surface area contributed by atoms with E-state index in [0.717, 1.165) is 31.5 Å². The van der Waals surface area contributed by atoms with E-state index in [-0.39, 0.29) is 12.5 Å². The summed E-state index contributed by atoms with van der Waals surface area (Å²) in [5.41, 5.74) is 3.76. The summed E-state index contributed by atoms with van der Waals surface area (Å²) < 4.78 is 12.9. The van der Waals surface area contributed by atoms with Crippen LogP contribution < -0.4 is 14.8 Å². The zero-order valence-electron chi connectivity index (χ0n) is 17.4. The van der Waals surface area contributed by atoms with Crippen LogP contribution in [-0.2, 0) is 4.79 Å². The van der Waals surface area contributed by atoms with Gasteiger partial charge in [-0.05, 0) is 89.9 Å². The lowest BCUT2D eigenvalue weighted by atomic mass is 10.2. The Hall–Kier alpha value is -2.91. The van der Waals surface area contributed by atoms with E-state index in [0.29, 0.717) is 23.6 Å². The first-order valence-electron chi connectivity index (χ1n) is 9.91. The van der Waals surface area contributed by atoms with Crippen LogP contribution >= 0.6 is 31.9 Å². The minimum atomic E-state index is -0.266. The van der Waals surface area contributed by atoms with Gasteiger partial charge in [-0.2, -0.15) is 4.80 Å². The van der Waals surface area contributed by atoms with Crippen LogP contribution in [0, 0.1) is 6.92 Å². The third kappa shape index (κ3) is 5.11. The van der Waals surface area contributed by atoms with Gasteiger partial charge in [0.05, 0.1) is 16.8 Å². The first-order chi connectivity index (χ1) is 15.4. The van der Waals surface area contributed by atoms with Crippen molar-refractivity contribution >= 4 is 54.5 Å². The number of rotatable bonds is 7. The van der Waals surface area contributed by atoms with Crippen LogP contribution in [0.5, 0.6) is 11.5 Å². The first-order valence-corrected chi connectivity index (χ1v) is 11.5. The maximum atomic E-state index is 12.4. The van der Waals surface area contributed by atoms with Crippen molar-refractivity contribution in [3.8, 4) is 17.2 Å². The molecule has 32 heavy (non-hydrogen) atoms. The van der Waals surface area contributed by atoms with Gasteiger partial charge in [0, 0.05) is 10.2 Å². The Morgan fingerprint density at radius 2 is 1.75 bits per heavy atom. The third-order valence-electron chi connectivity index (χ3n) is 4.58. The van der Waals surface area contributed by atoms with E-state index in [2.05, 4.69) is 47.4 Å². The van der Waals surface area contributed by atoms with Crippen molar-refractivity contribution < 1.29 is 14.3 Å². The number of aryl methyl sites for hydroxylation is 1. The molecule has 4 rings (SSSR count). The van der Waals surface area contributed by atoms with Gasteiger partial charge < -0.3 is 14.8 Å². The zero-order chi connectivity index (χ0) is 22.7. The molecule has 4 aromatic rings. The predicted octanol–water partition coefficient (Wildman–Crippen LogP) is 5.67.